The third kappa shape index (κ3) is 5.11. The van der Waals surface area contributed by atoms with Crippen molar-refractivity contribution in [3.63, 3.8) is 0 Å². The predicted octanol–water partition coefficient (Wildman–Crippen LogP) is 3.47. The number of imidazole rings is 1. The van der Waals surface area contributed by atoms with Crippen LogP contribution in [0.2, 0.25) is 0 Å². The first-order valence-electron chi connectivity index (χ1n) is 7.32. The van der Waals surface area contributed by atoms with Gasteiger partial charge >= 0.3 is 0 Å². The van der Waals surface area contributed by atoms with Gasteiger partial charge in [-0.1, -0.05) is 25.6 Å². The molecule has 1 atom stereocenters. The molecule has 20 heavy (non-hydrogen) atoms. The predicted molar refractivity (Wildman–Crippen MR) is 84.5 cm³/mol. The van der Waals surface area contributed by atoms with Gasteiger partial charge < -0.3 is 14.4 Å². The van der Waals surface area contributed by atoms with Crippen LogP contribution in [0, 0.1) is 0 Å². The Kier molecular flexibility index (Phi) is 7.06. The lowest BCUT2D eigenvalue weighted by molar-refractivity contribution is 0.0152. The van der Waals surface area contributed by atoms with E-state index in [2.05, 4.69) is 37.2 Å². The molecule has 1 aromatic rings. The maximum absolute atomic E-state index is 9.92. The maximum Gasteiger partial charge on any atom is 0.168 e. The van der Waals surface area contributed by atoms with Gasteiger partial charge in [-0.25, -0.2) is 4.98 Å². The number of hydrogen-bond acceptors (Lipinski definition) is 4. The average Bonchev–Trinajstić information content (AvgIpc) is 2.77. The highest BCUT2D eigenvalue weighted by atomic mass is 32.2. The van der Waals surface area contributed by atoms with E-state index in [9.17, 15) is 5.11 Å². The minimum absolute atomic E-state index is 0.153. The zero-order chi connectivity index (χ0) is 15.3. The molecule has 4 nitrogen and oxygen atoms in total. The van der Waals surface area contributed by atoms with Crippen LogP contribution in [0.5, 0.6) is 0 Å². The molecule has 0 aromatic carbocycles. The van der Waals surface area contributed by atoms with E-state index in [-0.39, 0.29) is 6.10 Å². The third-order valence-corrected chi connectivity index (χ3v) is 4.04. The molecule has 0 radical (unpaired) electrons. The van der Waals surface area contributed by atoms with E-state index in [1.807, 2.05) is 20.0 Å². The maximum atomic E-state index is 9.92. The molecule has 0 amide bonds. The van der Waals surface area contributed by atoms with Gasteiger partial charge in [0.05, 0.1) is 18.8 Å². The molecule has 5 heteroatoms. The summed E-state index contributed by atoms with van der Waals surface area (Å²) in [6.45, 7) is 13.0. The largest absolute Gasteiger partial charge is 0.390 e. The Bertz CT molecular complexity index is 403. The van der Waals surface area contributed by atoms with Crippen LogP contribution in [0.1, 0.15) is 59.2 Å². The van der Waals surface area contributed by atoms with E-state index in [1.165, 1.54) is 5.69 Å². The number of aromatic nitrogens is 2. The molecular formula is C15H28N2O2S. The standard InChI is InChI=1S/C15H28N2O2S/c1-10(2)14-7-16-15(17(14)11(3)4)20-9-13(18)8-19-12(5)6/h7,10-13,18H,8-9H2,1-6H3. The Morgan fingerprint density at radius 2 is 1.90 bits per heavy atom. The van der Waals surface area contributed by atoms with Crippen LogP contribution in [-0.4, -0.2) is 39.2 Å². The van der Waals surface area contributed by atoms with Crippen LogP contribution in [-0.2, 0) is 4.74 Å². The van der Waals surface area contributed by atoms with Crippen molar-refractivity contribution in [3.05, 3.63) is 11.9 Å². The first kappa shape index (κ1) is 17.5. The van der Waals surface area contributed by atoms with Crippen molar-refractivity contribution in [1.82, 2.24) is 9.55 Å². The SMILES string of the molecule is CC(C)OCC(O)CSc1ncc(C(C)C)n1C(C)C. The lowest BCUT2D eigenvalue weighted by Crippen LogP contribution is -2.21. The highest BCUT2D eigenvalue weighted by Gasteiger charge is 2.17. The third-order valence-electron chi connectivity index (χ3n) is 2.93. The summed E-state index contributed by atoms with van der Waals surface area (Å²) in [6, 6.07) is 0.376. The summed E-state index contributed by atoms with van der Waals surface area (Å²) in [5, 5.41) is 10.9. The zero-order valence-electron chi connectivity index (χ0n) is 13.5. The Morgan fingerprint density at radius 1 is 1.25 bits per heavy atom. The second-order valence-electron chi connectivity index (χ2n) is 5.93. The molecule has 0 spiro atoms. The normalized spacial score (nSPS) is 13.7. The topological polar surface area (TPSA) is 47.3 Å². The quantitative estimate of drug-likeness (QED) is 0.747. The number of ether oxygens (including phenoxy) is 1. The van der Waals surface area contributed by atoms with E-state index >= 15 is 0 Å². The lowest BCUT2D eigenvalue weighted by Gasteiger charge is -2.18. The molecule has 1 aromatic heterocycles. The smallest absolute Gasteiger partial charge is 0.168 e. The van der Waals surface area contributed by atoms with Gasteiger partial charge in [0.1, 0.15) is 0 Å². The fraction of sp³-hybridized carbons (Fsp3) is 0.800. The first-order valence-corrected chi connectivity index (χ1v) is 8.31. The van der Waals surface area contributed by atoms with Crippen molar-refractivity contribution in [2.75, 3.05) is 12.4 Å². The number of hydrogen-bond donors (Lipinski definition) is 1. The second kappa shape index (κ2) is 8.05. The van der Waals surface area contributed by atoms with E-state index in [0.717, 1.165) is 5.16 Å². The summed E-state index contributed by atoms with van der Waals surface area (Å²) in [7, 11) is 0. The van der Waals surface area contributed by atoms with Crippen molar-refractivity contribution in [2.24, 2.45) is 0 Å². The Hall–Kier alpha value is -0.520. The lowest BCUT2D eigenvalue weighted by atomic mass is 10.1. The van der Waals surface area contributed by atoms with Gasteiger partial charge in [-0.15, -0.1) is 0 Å². The molecule has 0 saturated carbocycles. The molecule has 1 N–H and O–H groups in total. The second-order valence-corrected chi connectivity index (χ2v) is 6.92. The van der Waals surface area contributed by atoms with E-state index in [1.54, 1.807) is 11.8 Å². The molecule has 1 rings (SSSR count). The number of aliphatic hydroxyl groups is 1. The Labute approximate surface area is 126 Å². The van der Waals surface area contributed by atoms with E-state index in [0.29, 0.717) is 24.3 Å². The van der Waals surface area contributed by atoms with E-state index in [4.69, 9.17) is 4.74 Å². The Morgan fingerprint density at radius 3 is 2.40 bits per heavy atom. The van der Waals surface area contributed by atoms with Crippen LogP contribution < -0.4 is 0 Å². The minimum atomic E-state index is -0.456. The van der Waals surface area contributed by atoms with Crippen LogP contribution in [0.4, 0.5) is 0 Å². The molecule has 0 saturated heterocycles. The van der Waals surface area contributed by atoms with Gasteiger partial charge in [0.2, 0.25) is 0 Å². The fourth-order valence-electron chi connectivity index (χ4n) is 1.93. The van der Waals surface area contributed by atoms with Gasteiger partial charge in [-0.3, -0.25) is 0 Å². The molecule has 0 aliphatic heterocycles. The number of nitrogens with zero attached hydrogens (tertiary/aromatic N) is 2. The van der Waals surface area contributed by atoms with Crippen LogP contribution >= 0.6 is 11.8 Å². The first-order chi connectivity index (χ1) is 9.32. The van der Waals surface area contributed by atoms with Crippen molar-refractivity contribution < 1.29 is 9.84 Å². The summed E-state index contributed by atoms with van der Waals surface area (Å²) >= 11 is 1.60. The summed E-state index contributed by atoms with van der Waals surface area (Å²) in [5.41, 5.74) is 1.25. The number of aliphatic hydroxyl groups excluding tert-OH is 1. The molecule has 0 aliphatic carbocycles. The highest BCUT2D eigenvalue weighted by Crippen LogP contribution is 2.27. The number of thioether (sulfide) groups is 1. The fourth-order valence-corrected chi connectivity index (χ4v) is 2.95. The minimum Gasteiger partial charge on any atom is -0.390 e. The van der Waals surface area contributed by atoms with Gasteiger partial charge in [-0.05, 0) is 33.6 Å². The molecule has 0 bridgehead atoms. The molecule has 0 aliphatic rings. The molecule has 1 unspecified atom stereocenters. The monoisotopic (exact) mass is 300 g/mol. The average molecular weight is 300 g/mol. The van der Waals surface area contributed by atoms with Gasteiger partial charge in [0.25, 0.3) is 0 Å². The van der Waals surface area contributed by atoms with Gasteiger partial charge in [-0.2, -0.15) is 0 Å². The van der Waals surface area contributed by atoms with Gasteiger partial charge in [0, 0.05) is 23.7 Å². The zero-order valence-corrected chi connectivity index (χ0v) is 14.3. The van der Waals surface area contributed by atoms with Crippen molar-refractivity contribution >= 4 is 11.8 Å². The summed E-state index contributed by atoms with van der Waals surface area (Å²) in [5.74, 6) is 1.06. The summed E-state index contributed by atoms with van der Waals surface area (Å²) in [4.78, 5) is 4.50. The molecule has 116 valence electrons. The molecule has 0 fully saturated rings. The van der Waals surface area contributed by atoms with Gasteiger partial charge in [0.15, 0.2) is 5.16 Å². The van der Waals surface area contributed by atoms with Crippen LogP contribution in [0.3, 0.4) is 0 Å². The molecular weight excluding hydrogens is 272 g/mol. The summed E-state index contributed by atoms with van der Waals surface area (Å²) < 4.78 is 7.68. The Balaban J connectivity index is 2.64. The van der Waals surface area contributed by atoms with Crippen molar-refractivity contribution in [2.45, 2.75) is 70.9 Å². The number of rotatable bonds is 8. The highest BCUT2D eigenvalue weighted by molar-refractivity contribution is 7.99. The van der Waals surface area contributed by atoms with Crippen LogP contribution in [0.15, 0.2) is 11.4 Å². The molecule has 1 heterocycles. The van der Waals surface area contributed by atoms with Crippen molar-refractivity contribution in [3.8, 4) is 0 Å². The van der Waals surface area contributed by atoms with Crippen LogP contribution in [0.25, 0.3) is 0 Å². The van der Waals surface area contributed by atoms with E-state index < -0.39 is 6.10 Å². The van der Waals surface area contributed by atoms with Crippen molar-refractivity contribution in [1.29, 1.82) is 0 Å². The summed E-state index contributed by atoms with van der Waals surface area (Å²) in [6.07, 6.45) is 1.64.